The standard InChI is InChI=1S/C15H16N2O4S/c1-8-9(2)22-14(17-10(3)18)13(8)15(20)21-7-12(19)11-5-4-6-16-11/h4-6,16H,7H2,1-3H3,(H,17,18). The number of aromatic nitrogens is 1. The first-order valence-corrected chi connectivity index (χ1v) is 7.43. The van der Waals surface area contributed by atoms with Crippen LogP contribution in [0.5, 0.6) is 0 Å². The van der Waals surface area contributed by atoms with Gasteiger partial charge in [-0.3, -0.25) is 9.59 Å². The van der Waals surface area contributed by atoms with Crippen molar-refractivity contribution in [2.75, 3.05) is 11.9 Å². The number of carbonyl (C=O) groups is 3. The molecule has 0 aromatic carbocycles. The average molecular weight is 320 g/mol. The van der Waals surface area contributed by atoms with Gasteiger partial charge in [0, 0.05) is 18.0 Å². The summed E-state index contributed by atoms with van der Waals surface area (Å²) in [6.07, 6.45) is 1.62. The summed E-state index contributed by atoms with van der Waals surface area (Å²) in [4.78, 5) is 38.9. The minimum atomic E-state index is -0.620. The van der Waals surface area contributed by atoms with E-state index in [2.05, 4.69) is 10.3 Å². The smallest absolute Gasteiger partial charge is 0.341 e. The molecule has 2 N–H and O–H groups in total. The van der Waals surface area contributed by atoms with Gasteiger partial charge >= 0.3 is 5.97 Å². The molecule has 0 fully saturated rings. The van der Waals surface area contributed by atoms with Gasteiger partial charge in [0.05, 0.1) is 11.3 Å². The Hall–Kier alpha value is -2.41. The average Bonchev–Trinajstić information content (AvgIpc) is 3.05. The molecule has 1 amide bonds. The Morgan fingerprint density at radius 3 is 2.64 bits per heavy atom. The third kappa shape index (κ3) is 3.43. The second-order valence-corrected chi connectivity index (χ2v) is 5.98. The summed E-state index contributed by atoms with van der Waals surface area (Å²) in [5.74, 6) is -1.20. The van der Waals surface area contributed by atoms with Gasteiger partial charge in [0.15, 0.2) is 6.61 Å². The minimum Gasteiger partial charge on any atom is -0.454 e. The van der Waals surface area contributed by atoms with E-state index in [1.807, 2.05) is 6.92 Å². The van der Waals surface area contributed by atoms with E-state index in [9.17, 15) is 14.4 Å². The Balaban J connectivity index is 2.12. The van der Waals surface area contributed by atoms with E-state index in [-0.39, 0.29) is 18.3 Å². The number of thiophene rings is 1. The van der Waals surface area contributed by atoms with Crippen LogP contribution < -0.4 is 5.32 Å². The lowest BCUT2D eigenvalue weighted by Gasteiger charge is -2.06. The summed E-state index contributed by atoms with van der Waals surface area (Å²) in [5.41, 5.74) is 1.43. The molecule has 2 heterocycles. The maximum Gasteiger partial charge on any atom is 0.341 e. The number of H-pyrrole nitrogens is 1. The summed E-state index contributed by atoms with van der Waals surface area (Å²) in [6, 6.07) is 3.30. The van der Waals surface area contributed by atoms with Crippen LogP contribution in [0.1, 0.15) is 38.2 Å². The third-order valence-corrected chi connectivity index (χ3v) is 4.23. The first-order chi connectivity index (χ1) is 10.4. The van der Waals surface area contributed by atoms with Gasteiger partial charge in [-0.15, -0.1) is 11.3 Å². The molecule has 2 rings (SSSR count). The molecular formula is C15H16N2O4S. The number of aryl methyl sites for hydroxylation is 1. The first-order valence-electron chi connectivity index (χ1n) is 6.61. The second kappa shape index (κ2) is 6.57. The predicted molar refractivity (Wildman–Crippen MR) is 83.5 cm³/mol. The maximum atomic E-state index is 12.2. The maximum absolute atomic E-state index is 12.2. The van der Waals surface area contributed by atoms with E-state index < -0.39 is 5.97 Å². The molecule has 0 spiro atoms. The number of Topliss-reactive ketones (excluding diaryl/α,β-unsaturated/α-hetero) is 1. The van der Waals surface area contributed by atoms with Crippen LogP contribution >= 0.6 is 11.3 Å². The number of esters is 1. The first kappa shape index (κ1) is 16.0. The Kier molecular flexibility index (Phi) is 4.77. The van der Waals surface area contributed by atoms with Gasteiger partial charge in [0.1, 0.15) is 5.00 Å². The van der Waals surface area contributed by atoms with Crippen molar-refractivity contribution in [3.8, 4) is 0 Å². The van der Waals surface area contributed by atoms with Crippen LogP contribution in [0.3, 0.4) is 0 Å². The van der Waals surface area contributed by atoms with Gasteiger partial charge in [0.2, 0.25) is 11.7 Å². The van der Waals surface area contributed by atoms with Gasteiger partial charge in [0.25, 0.3) is 0 Å². The molecule has 6 nitrogen and oxygen atoms in total. The van der Waals surface area contributed by atoms with E-state index in [1.54, 1.807) is 25.3 Å². The Bertz CT molecular complexity index is 716. The van der Waals surface area contributed by atoms with Gasteiger partial charge in [-0.05, 0) is 31.5 Å². The molecule has 0 aliphatic carbocycles. The molecule has 0 saturated heterocycles. The zero-order valence-corrected chi connectivity index (χ0v) is 13.3. The fourth-order valence-electron chi connectivity index (χ4n) is 1.91. The Morgan fingerprint density at radius 1 is 1.32 bits per heavy atom. The number of ketones is 1. The fourth-order valence-corrected chi connectivity index (χ4v) is 3.00. The van der Waals surface area contributed by atoms with Crippen molar-refractivity contribution in [1.29, 1.82) is 0 Å². The van der Waals surface area contributed by atoms with Crippen LogP contribution in [0.15, 0.2) is 18.3 Å². The van der Waals surface area contributed by atoms with E-state index in [0.29, 0.717) is 16.3 Å². The molecule has 0 bridgehead atoms. The van der Waals surface area contributed by atoms with Crippen LogP contribution in [0.2, 0.25) is 0 Å². The number of rotatable bonds is 5. The molecule has 0 aliphatic rings. The second-order valence-electron chi connectivity index (χ2n) is 4.75. The van der Waals surface area contributed by atoms with Crippen LogP contribution in [0.4, 0.5) is 5.00 Å². The number of aromatic amines is 1. The SMILES string of the molecule is CC(=O)Nc1sc(C)c(C)c1C(=O)OCC(=O)c1ccc[nH]1. The molecule has 0 radical (unpaired) electrons. The van der Waals surface area contributed by atoms with Gasteiger partial charge in [-0.2, -0.15) is 0 Å². The van der Waals surface area contributed by atoms with Crippen molar-refractivity contribution in [2.45, 2.75) is 20.8 Å². The molecule has 7 heteroatoms. The quantitative estimate of drug-likeness (QED) is 0.655. The van der Waals surface area contributed by atoms with Crippen LogP contribution in [-0.2, 0) is 9.53 Å². The highest BCUT2D eigenvalue weighted by atomic mass is 32.1. The van der Waals surface area contributed by atoms with E-state index in [1.165, 1.54) is 18.3 Å². The topological polar surface area (TPSA) is 88.3 Å². The van der Waals surface area contributed by atoms with Crippen LogP contribution in [0, 0.1) is 13.8 Å². The highest BCUT2D eigenvalue weighted by molar-refractivity contribution is 7.16. The van der Waals surface area contributed by atoms with Crippen molar-refractivity contribution in [1.82, 2.24) is 4.98 Å². The minimum absolute atomic E-state index is 0.266. The third-order valence-electron chi connectivity index (χ3n) is 3.11. The number of amides is 1. The van der Waals surface area contributed by atoms with E-state index in [4.69, 9.17) is 4.74 Å². The van der Waals surface area contributed by atoms with Gasteiger partial charge in [-0.1, -0.05) is 0 Å². The molecule has 22 heavy (non-hydrogen) atoms. The number of carbonyl (C=O) groups excluding carboxylic acids is 3. The van der Waals surface area contributed by atoms with Crippen molar-refractivity contribution in [3.05, 3.63) is 40.0 Å². The zero-order valence-electron chi connectivity index (χ0n) is 12.5. The Morgan fingerprint density at radius 2 is 2.05 bits per heavy atom. The number of nitrogens with one attached hydrogen (secondary N) is 2. The summed E-state index contributed by atoms with van der Waals surface area (Å²) in [7, 11) is 0. The molecule has 0 saturated carbocycles. The summed E-state index contributed by atoms with van der Waals surface area (Å²) in [6.45, 7) is 4.65. The summed E-state index contributed by atoms with van der Waals surface area (Å²) >= 11 is 1.31. The largest absolute Gasteiger partial charge is 0.454 e. The number of hydrogen-bond acceptors (Lipinski definition) is 5. The van der Waals surface area contributed by atoms with E-state index in [0.717, 1.165) is 10.4 Å². The lowest BCUT2D eigenvalue weighted by Crippen LogP contribution is -2.16. The van der Waals surface area contributed by atoms with E-state index >= 15 is 0 Å². The number of anilines is 1. The summed E-state index contributed by atoms with van der Waals surface area (Å²) in [5, 5.41) is 3.06. The monoisotopic (exact) mass is 320 g/mol. The van der Waals surface area contributed by atoms with Crippen molar-refractivity contribution in [2.24, 2.45) is 0 Å². The molecule has 0 aliphatic heterocycles. The predicted octanol–water partition coefficient (Wildman–Crippen LogP) is 2.69. The molecule has 2 aromatic rings. The molecule has 0 unspecified atom stereocenters. The lowest BCUT2D eigenvalue weighted by molar-refractivity contribution is -0.114. The number of hydrogen-bond donors (Lipinski definition) is 2. The molecular weight excluding hydrogens is 304 g/mol. The van der Waals surface area contributed by atoms with Crippen molar-refractivity contribution >= 4 is 34.0 Å². The van der Waals surface area contributed by atoms with Crippen molar-refractivity contribution in [3.63, 3.8) is 0 Å². The van der Waals surface area contributed by atoms with Gasteiger partial charge < -0.3 is 15.0 Å². The van der Waals surface area contributed by atoms with Crippen LogP contribution in [-0.4, -0.2) is 29.3 Å². The van der Waals surface area contributed by atoms with Gasteiger partial charge in [-0.25, -0.2) is 4.79 Å². The summed E-state index contributed by atoms with van der Waals surface area (Å²) < 4.78 is 5.08. The number of ether oxygens (including phenoxy) is 1. The van der Waals surface area contributed by atoms with Crippen molar-refractivity contribution < 1.29 is 19.1 Å². The Labute approximate surface area is 131 Å². The molecule has 116 valence electrons. The zero-order chi connectivity index (χ0) is 16.3. The highest BCUT2D eigenvalue weighted by Crippen LogP contribution is 2.32. The normalized spacial score (nSPS) is 10.3. The lowest BCUT2D eigenvalue weighted by atomic mass is 10.1. The highest BCUT2D eigenvalue weighted by Gasteiger charge is 2.22. The molecule has 2 aromatic heterocycles. The molecule has 0 atom stereocenters. The van der Waals surface area contributed by atoms with Crippen LogP contribution in [0.25, 0.3) is 0 Å². The fraction of sp³-hybridized carbons (Fsp3) is 0.267.